The number of carbonyl (C=O) groups is 2. The minimum Gasteiger partial charge on any atom is -0.497 e. The van der Waals surface area contributed by atoms with Crippen LogP contribution in [0.25, 0.3) is 0 Å². The zero-order valence-electron chi connectivity index (χ0n) is 14.2. The van der Waals surface area contributed by atoms with E-state index in [1.807, 2.05) is 0 Å². The Morgan fingerprint density at radius 2 is 1.88 bits per heavy atom. The first kappa shape index (κ1) is 18.5. The first-order valence-corrected chi connectivity index (χ1v) is 8.96. The van der Waals surface area contributed by atoms with Gasteiger partial charge in [0.15, 0.2) is 0 Å². The summed E-state index contributed by atoms with van der Waals surface area (Å²) < 4.78 is 5.11. The van der Waals surface area contributed by atoms with E-state index in [-0.39, 0.29) is 11.8 Å². The molecular formula is C19H18Cl2N2O3. The Bertz CT molecular complexity index is 824. The Hall–Kier alpha value is -2.24. The van der Waals surface area contributed by atoms with Crippen molar-refractivity contribution in [2.45, 2.75) is 18.9 Å². The van der Waals surface area contributed by atoms with E-state index in [0.29, 0.717) is 40.0 Å². The smallest absolute Gasteiger partial charge is 0.254 e. The molecule has 136 valence electrons. The molecule has 1 saturated heterocycles. The van der Waals surface area contributed by atoms with Crippen molar-refractivity contribution in [1.29, 1.82) is 0 Å². The molecule has 2 aromatic rings. The maximum absolute atomic E-state index is 12.8. The molecule has 0 aromatic heterocycles. The van der Waals surface area contributed by atoms with Crippen LogP contribution in [0.3, 0.4) is 0 Å². The minimum absolute atomic E-state index is 0.174. The first-order valence-electron chi connectivity index (χ1n) is 8.20. The number of anilines is 1. The highest BCUT2D eigenvalue weighted by Gasteiger charge is 2.34. The summed E-state index contributed by atoms with van der Waals surface area (Å²) in [5, 5.41) is 3.64. The summed E-state index contributed by atoms with van der Waals surface area (Å²) in [6.45, 7) is 0.539. The molecule has 0 spiro atoms. The minimum atomic E-state index is -0.531. The Morgan fingerprint density at radius 3 is 2.54 bits per heavy atom. The van der Waals surface area contributed by atoms with E-state index in [1.165, 1.54) is 0 Å². The topological polar surface area (TPSA) is 58.6 Å². The molecule has 1 unspecified atom stereocenters. The number of ether oxygens (including phenoxy) is 1. The summed E-state index contributed by atoms with van der Waals surface area (Å²) in [6.07, 6.45) is 1.38. The highest BCUT2D eigenvalue weighted by Crippen LogP contribution is 2.27. The van der Waals surface area contributed by atoms with Crippen molar-refractivity contribution in [3.63, 3.8) is 0 Å². The Morgan fingerprint density at radius 1 is 1.15 bits per heavy atom. The van der Waals surface area contributed by atoms with Gasteiger partial charge in [0.05, 0.1) is 17.8 Å². The Balaban J connectivity index is 1.74. The van der Waals surface area contributed by atoms with E-state index in [4.69, 9.17) is 27.9 Å². The van der Waals surface area contributed by atoms with Crippen molar-refractivity contribution >= 4 is 40.7 Å². The lowest BCUT2D eigenvalue weighted by Crippen LogP contribution is -2.43. The van der Waals surface area contributed by atoms with Gasteiger partial charge in [-0.2, -0.15) is 0 Å². The molecule has 0 aliphatic carbocycles. The highest BCUT2D eigenvalue weighted by molar-refractivity contribution is 6.36. The number of methoxy groups -OCH3 is 1. The predicted molar refractivity (Wildman–Crippen MR) is 102 cm³/mol. The maximum atomic E-state index is 12.8. The number of halogens is 2. The quantitative estimate of drug-likeness (QED) is 0.845. The van der Waals surface area contributed by atoms with Gasteiger partial charge in [0.2, 0.25) is 5.91 Å². The van der Waals surface area contributed by atoms with Crippen LogP contribution < -0.4 is 10.1 Å². The van der Waals surface area contributed by atoms with E-state index < -0.39 is 6.04 Å². The largest absolute Gasteiger partial charge is 0.497 e. The van der Waals surface area contributed by atoms with Gasteiger partial charge in [-0.15, -0.1) is 0 Å². The van der Waals surface area contributed by atoms with Crippen LogP contribution in [0, 0.1) is 0 Å². The summed E-state index contributed by atoms with van der Waals surface area (Å²) in [5.74, 6) is 0.246. The molecule has 0 radical (unpaired) electrons. The number of carbonyl (C=O) groups excluding carboxylic acids is 2. The van der Waals surface area contributed by atoms with E-state index in [1.54, 1.807) is 54.5 Å². The lowest BCUT2D eigenvalue weighted by atomic mass is 10.1. The monoisotopic (exact) mass is 392 g/mol. The standard InChI is InChI=1S/C19H18Cl2N2O3/c1-26-14-7-4-12(5-8-14)19(25)23-10-2-3-17(23)18(24)22-16-9-6-13(20)11-15(16)21/h4-9,11,17H,2-3,10H2,1H3,(H,22,24). The fourth-order valence-corrected chi connectivity index (χ4v) is 3.44. The molecule has 5 nitrogen and oxygen atoms in total. The zero-order chi connectivity index (χ0) is 18.7. The van der Waals surface area contributed by atoms with Gasteiger partial charge >= 0.3 is 0 Å². The summed E-state index contributed by atoms with van der Waals surface area (Å²) in [7, 11) is 1.57. The van der Waals surface area contributed by atoms with Gasteiger partial charge in [0, 0.05) is 17.1 Å². The average molecular weight is 393 g/mol. The third-order valence-electron chi connectivity index (χ3n) is 4.34. The van der Waals surface area contributed by atoms with Crippen LogP contribution in [-0.2, 0) is 4.79 Å². The summed E-state index contributed by atoms with van der Waals surface area (Å²) in [6, 6.07) is 11.2. The lowest BCUT2D eigenvalue weighted by Gasteiger charge is -2.24. The molecule has 2 aromatic carbocycles. The molecular weight excluding hydrogens is 375 g/mol. The van der Waals surface area contributed by atoms with Crippen molar-refractivity contribution in [3.05, 3.63) is 58.1 Å². The van der Waals surface area contributed by atoms with Gasteiger partial charge < -0.3 is 15.0 Å². The van der Waals surface area contributed by atoms with Crippen molar-refractivity contribution < 1.29 is 14.3 Å². The average Bonchev–Trinajstić information content (AvgIpc) is 3.13. The first-order chi connectivity index (χ1) is 12.5. The normalized spacial score (nSPS) is 16.4. The van der Waals surface area contributed by atoms with Crippen LogP contribution in [0.15, 0.2) is 42.5 Å². The van der Waals surface area contributed by atoms with Crippen LogP contribution in [0.1, 0.15) is 23.2 Å². The Labute approximate surface area is 161 Å². The molecule has 3 rings (SSSR count). The molecule has 1 fully saturated rings. The van der Waals surface area contributed by atoms with Gasteiger partial charge in [0.1, 0.15) is 11.8 Å². The third kappa shape index (κ3) is 3.94. The van der Waals surface area contributed by atoms with Crippen LogP contribution in [0.5, 0.6) is 5.75 Å². The SMILES string of the molecule is COc1ccc(C(=O)N2CCCC2C(=O)Nc2ccc(Cl)cc2Cl)cc1. The van der Waals surface area contributed by atoms with Crippen molar-refractivity contribution in [2.24, 2.45) is 0 Å². The number of hydrogen-bond acceptors (Lipinski definition) is 3. The number of rotatable bonds is 4. The molecule has 1 atom stereocenters. The van der Waals surface area contributed by atoms with E-state index in [2.05, 4.69) is 5.32 Å². The van der Waals surface area contributed by atoms with Crippen LogP contribution >= 0.6 is 23.2 Å². The second kappa shape index (κ2) is 7.98. The molecule has 2 amide bonds. The second-order valence-corrected chi connectivity index (χ2v) is 6.84. The van der Waals surface area contributed by atoms with Gasteiger partial charge in [-0.05, 0) is 55.3 Å². The Kier molecular flexibility index (Phi) is 5.69. The molecule has 1 N–H and O–H groups in total. The number of amides is 2. The fraction of sp³-hybridized carbons (Fsp3) is 0.263. The zero-order valence-corrected chi connectivity index (χ0v) is 15.7. The summed E-state index contributed by atoms with van der Waals surface area (Å²) in [5.41, 5.74) is 1.000. The number of nitrogens with zero attached hydrogens (tertiary/aromatic N) is 1. The van der Waals surface area contributed by atoms with Gasteiger partial charge in [-0.1, -0.05) is 23.2 Å². The molecule has 7 heteroatoms. The van der Waals surface area contributed by atoms with E-state index >= 15 is 0 Å². The van der Waals surface area contributed by atoms with Crippen LogP contribution in [0.4, 0.5) is 5.69 Å². The maximum Gasteiger partial charge on any atom is 0.254 e. The van der Waals surface area contributed by atoms with E-state index in [9.17, 15) is 9.59 Å². The molecule has 0 saturated carbocycles. The third-order valence-corrected chi connectivity index (χ3v) is 4.89. The highest BCUT2D eigenvalue weighted by atomic mass is 35.5. The van der Waals surface area contributed by atoms with Gasteiger partial charge in [-0.3, -0.25) is 9.59 Å². The summed E-state index contributed by atoms with van der Waals surface area (Å²) >= 11 is 12.0. The molecule has 0 bridgehead atoms. The number of nitrogens with one attached hydrogen (secondary N) is 1. The molecule has 1 aliphatic rings. The van der Waals surface area contributed by atoms with Gasteiger partial charge in [-0.25, -0.2) is 0 Å². The van der Waals surface area contributed by atoms with Gasteiger partial charge in [0.25, 0.3) is 5.91 Å². The van der Waals surface area contributed by atoms with Crippen molar-refractivity contribution in [3.8, 4) is 5.75 Å². The predicted octanol–water partition coefficient (Wildman–Crippen LogP) is 4.25. The van der Waals surface area contributed by atoms with Crippen LogP contribution in [0.2, 0.25) is 10.0 Å². The fourth-order valence-electron chi connectivity index (χ4n) is 2.99. The molecule has 1 aliphatic heterocycles. The molecule has 26 heavy (non-hydrogen) atoms. The summed E-state index contributed by atoms with van der Waals surface area (Å²) in [4.78, 5) is 27.1. The number of benzene rings is 2. The van der Waals surface area contributed by atoms with E-state index in [0.717, 1.165) is 6.42 Å². The lowest BCUT2D eigenvalue weighted by molar-refractivity contribution is -0.119. The van der Waals surface area contributed by atoms with Crippen LogP contribution in [-0.4, -0.2) is 36.4 Å². The second-order valence-electron chi connectivity index (χ2n) is 6.00. The number of hydrogen-bond donors (Lipinski definition) is 1. The van der Waals surface area contributed by atoms with Crippen molar-refractivity contribution in [2.75, 3.05) is 19.0 Å². The van der Waals surface area contributed by atoms with Crippen molar-refractivity contribution in [1.82, 2.24) is 4.90 Å². The number of likely N-dealkylation sites (tertiary alicyclic amines) is 1. The molecule has 1 heterocycles.